The maximum atomic E-state index is 12.6. The van der Waals surface area contributed by atoms with Gasteiger partial charge in [-0.05, 0) is 31.2 Å². The molecular weight excluding hydrogens is 264 g/mol. The number of hydrogen-bond donors (Lipinski definition) is 1. The summed E-state index contributed by atoms with van der Waals surface area (Å²) in [6, 6.07) is 1.56. The van der Waals surface area contributed by atoms with E-state index in [1.54, 1.807) is 28.2 Å². The Labute approximate surface area is 114 Å². The van der Waals surface area contributed by atoms with Crippen LogP contribution in [-0.2, 0) is 23.7 Å². The van der Waals surface area contributed by atoms with Crippen LogP contribution in [0.25, 0.3) is 0 Å². The third-order valence-electron chi connectivity index (χ3n) is 3.86. The van der Waals surface area contributed by atoms with E-state index in [1.165, 1.54) is 0 Å². The van der Waals surface area contributed by atoms with Crippen molar-refractivity contribution in [2.24, 2.45) is 13.0 Å². The van der Waals surface area contributed by atoms with Crippen LogP contribution in [0.1, 0.15) is 31.9 Å². The molecule has 0 saturated carbocycles. The van der Waals surface area contributed by atoms with Gasteiger partial charge in [0.25, 0.3) is 0 Å². The minimum absolute atomic E-state index is 0.150. The molecule has 0 spiro atoms. The molecule has 1 aliphatic heterocycles. The first-order chi connectivity index (χ1) is 8.95. The molecule has 1 N–H and O–H groups in total. The third-order valence-corrected chi connectivity index (χ3v) is 5.72. The molecule has 0 radical (unpaired) electrons. The van der Waals surface area contributed by atoms with Gasteiger partial charge in [-0.25, -0.2) is 8.42 Å². The predicted octanol–water partition coefficient (Wildman–Crippen LogP) is 1.33. The van der Waals surface area contributed by atoms with E-state index in [2.05, 4.69) is 6.92 Å². The zero-order valence-electron chi connectivity index (χ0n) is 11.5. The summed E-state index contributed by atoms with van der Waals surface area (Å²) in [6.07, 6.45) is 4.50. The highest BCUT2D eigenvalue weighted by Gasteiger charge is 2.27. The lowest BCUT2D eigenvalue weighted by molar-refractivity contribution is 0.272. The molecule has 19 heavy (non-hydrogen) atoms. The first-order valence-corrected chi connectivity index (χ1v) is 8.15. The Morgan fingerprint density at radius 3 is 2.74 bits per heavy atom. The van der Waals surface area contributed by atoms with E-state index in [4.69, 9.17) is 5.11 Å². The van der Waals surface area contributed by atoms with Gasteiger partial charge in [-0.2, -0.15) is 4.31 Å². The minimum atomic E-state index is -3.42. The van der Waals surface area contributed by atoms with Crippen LogP contribution in [0.4, 0.5) is 0 Å². The normalized spacial score (nSPS) is 22.4. The summed E-state index contributed by atoms with van der Waals surface area (Å²) in [5.74, 6) is 0.587. The van der Waals surface area contributed by atoms with Crippen molar-refractivity contribution in [3.8, 4) is 0 Å². The molecule has 1 fully saturated rings. The number of sulfonamides is 1. The van der Waals surface area contributed by atoms with Crippen LogP contribution in [0.3, 0.4) is 0 Å². The highest BCUT2D eigenvalue weighted by atomic mass is 32.2. The largest absolute Gasteiger partial charge is 0.390 e. The van der Waals surface area contributed by atoms with Crippen LogP contribution < -0.4 is 0 Å². The van der Waals surface area contributed by atoms with Crippen molar-refractivity contribution in [3.63, 3.8) is 0 Å². The molecule has 1 atom stereocenters. The van der Waals surface area contributed by atoms with Crippen molar-refractivity contribution < 1.29 is 13.5 Å². The van der Waals surface area contributed by atoms with Crippen LogP contribution in [-0.4, -0.2) is 35.5 Å². The van der Waals surface area contributed by atoms with E-state index in [1.807, 2.05) is 0 Å². The summed E-state index contributed by atoms with van der Waals surface area (Å²) in [5, 5.41) is 9.16. The quantitative estimate of drug-likeness (QED) is 0.912. The van der Waals surface area contributed by atoms with Gasteiger partial charge in [-0.15, -0.1) is 0 Å². The molecule has 5 nitrogen and oxygen atoms in total. The fraction of sp³-hybridized carbons (Fsp3) is 0.692. The Balaban J connectivity index is 2.25. The number of aromatic nitrogens is 1. The second kappa shape index (κ2) is 5.64. The molecule has 1 unspecified atom stereocenters. The van der Waals surface area contributed by atoms with Crippen LogP contribution in [0.5, 0.6) is 0 Å². The van der Waals surface area contributed by atoms with E-state index in [0.717, 1.165) is 19.3 Å². The first kappa shape index (κ1) is 14.6. The Morgan fingerprint density at radius 2 is 2.11 bits per heavy atom. The average molecular weight is 286 g/mol. The van der Waals surface area contributed by atoms with Gasteiger partial charge in [0.1, 0.15) is 4.90 Å². The molecule has 1 aromatic heterocycles. The first-order valence-electron chi connectivity index (χ1n) is 6.71. The van der Waals surface area contributed by atoms with Gasteiger partial charge >= 0.3 is 0 Å². The number of aliphatic hydroxyl groups is 1. The van der Waals surface area contributed by atoms with E-state index in [0.29, 0.717) is 24.7 Å². The third kappa shape index (κ3) is 3.01. The number of aryl methyl sites for hydroxylation is 1. The van der Waals surface area contributed by atoms with E-state index in [9.17, 15) is 8.42 Å². The molecule has 2 heterocycles. The van der Waals surface area contributed by atoms with Crippen molar-refractivity contribution in [1.29, 1.82) is 0 Å². The summed E-state index contributed by atoms with van der Waals surface area (Å²) < 4.78 is 28.4. The molecule has 6 heteroatoms. The topological polar surface area (TPSA) is 62.5 Å². The molecule has 2 rings (SSSR count). The number of rotatable bonds is 3. The van der Waals surface area contributed by atoms with E-state index in [-0.39, 0.29) is 11.5 Å². The molecule has 0 aromatic carbocycles. The van der Waals surface area contributed by atoms with Gasteiger partial charge in [0.05, 0.1) is 6.61 Å². The second-order valence-corrected chi connectivity index (χ2v) is 7.31. The van der Waals surface area contributed by atoms with Crippen LogP contribution in [0.2, 0.25) is 0 Å². The van der Waals surface area contributed by atoms with Crippen molar-refractivity contribution in [1.82, 2.24) is 8.87 Å². The van der Waals surface area contributed by atoms with Crippen molar-refractivity contribution in [2.75, 3.05) is 13.1 Å². The van der Waals surface area contributed by atoms with Gasteiger partial charge in [-0.1, -0.05) is 6.92 Å². The summed E-state index contributed by atoms with van der Waals surface area (Å²) in [7, 11) is -1.67. The molecule has 1 aromatic rings. The molecule has 0 amide bonds. The van der Waals surface area contributed by atoms with Crippen LogP contribution >= 0.6 is 0 Å². The monoisotopic (exact) mass is 286 g/mol. The van der Waals surface area contributed by atoms with Gasteiger partial charge < -0.3 is 9.67 Å². The Bertz CT molecular complexity index is 536. The summed E-state index contributed by atoms with van der Waals surface area (Å²) in [5.41, 5.74) is 0.613. The lowest BCUT2D eigenvalue weighted by Gasteiger charge is -2.19. The van der Waals surface area contributed by atoms with Crippen molar-refractivity contribution in [3.05, 3.63) is 18.0 Å². The predicted molar refractivity (Wildman–Crippen MR) is 73.1 cm³/mol. The zero-order chi connectivity index (χ0) is 14.0. The molecule has 0 aliphatic carbocycles. The lowest BCUT2D eigenvalue weighted by atomic mass is 10.0. The Morgan fingerprint density at radius 1 is 1.37 bits per heavy atom. The highest BCUT2D eigenvalue weighted by Crippen LogP contribution is 2.24. The van der Waals surface area contributed by atoms with E-state index < -0.39 is 10.0 Å². The number of hydrogen-bond acceptors (Lipinski definition) is 3. The van der Waals surface area contributed by atoms with Crippen molar-refractivity contribution in [2.45, 2.75) is 37.7 Å². The average Bonchev–Trinajstić information content (AvgIpc) is 2.60. The number of aliphatic hydroxyl groups excluding tert-OH is 1. The van der Waals surface area contributed by atoms with Crippen LogP contribution in [0.15, 0.2) is 17.2 Å². The summed E-state index contributed by atoms with van der Waals surface area (Å²) in [4.78, 5) is 0.286. The summed E-state index contributed by atoms with van der Waals surface area (Å²) >= 11 is 0. The molecule has 1 saturated heterocycles. The van der Waals surface area contributed by atoms with Gasteiger partial charge in [0.15, 0.2) is 0 Å². The fourth-order valence-electron chi connectivity index (χ4n) is 2.50. The Hall–Kier alpha value is -0.850. The van der Waals surface area contributed by atoms with Crippen LogP contribution in [0, 0.1) is 5.92 Å². The lowest BCUT2D eigenvalue weighted by Crippen LogP contribution is -2.31. The molecular formula is C13H22N2O3S. The van der Waals surface area contributed by atoms with Gasteiger partial charge in [0, 0.05) is 32.0 Å². The zero-order valence-corrected chi connectivity index (χ0v) is 12.4. The fourth-order valence-corrected chi connectivity index (χ4v) is 4.09. The SMILES string of the molecule is CC1CCCN(S(=O)(=O)c2cc(CO)n(C)c2)CC1. The highest BCUT2D eigenvalue weighted by molar-refractivity contribution is 7.89. The van der Waals surface area contributed by atoms with E-state index >= 15 is 0 Å². The molecule has 0 bridgehead atoms. The maximum Gasteiger partial charge on any atom is 0.244 e. The second-order valence-electron chi connectivity index (χ2n) is 5.38. The Kier molecular flexibility index (Phi) is 4.32. The molecule has 1 aliphatic rings. The number of nitrogens with zero attached hydrogens (tertiary/aromatic N) is 2. The standard InChI is InChI=1S/C13H22N2O3S/c1-11-4-3-6-15(7-5-11)19(17,18)13-8-12(10-16)14(2)9-13/h8-9,11,16H,3-7,10H2,1-2H3. The minimum Gasteiger partial charge on any atom is -0.390 e. The van der Waals surface area contributed by atoms with Gasteiger partial charge in [-0.3, -0.25) is 0 Å². The summed E-state index contributed by atoms with van der Waals surface area (Å²) in [6.45, 7) is 3.20. The smallest absolute Gasteiger partial charge is 0.244 e. The van der Waals surface area contributed by atoms with Crippen molar-refractivity contribution >= 4 is 10.0 Å². The molecule has 108 valence electrons. The van der Waals surface area contributed by atoms with Gasteiger partial charge in [0.2, 0.25) is 10.0 Å². The maximum absolute atomic E-state index is 12.6.